The second-order valence-corrected chi connectivity index (χ2v) is 1.78. The lowest BCUT2D eigenvalue weighted by molar-refractivity contribution is 0.111. The third-order valence-electron chi connectivity index (χ3n) is 1.23. The number of hydrogen-bond acceptors (Lipinski definition) is 3. The predicted octanol–water partition coefficient (Wildman–Crippen LogP) is -0.0640. The first kappa shape index (κ1) is 5.94. The summed E-state index contributed by atoms with van der Waals surface area (Å²) in [5.74, 6) is 1.12. The molecule has 4 heteroatoms. The standard InChI is InChI=1S/C5H7N3O/c1-4-6-7-5(3-9)8(4)2/h3H,1-2H3. The third kappa shape index (κ3) is 0.826. The van der Waals surface area contributed by atoms with Crippen LogP contribution in [-0.4, -0.2) is 21.1 Å². The molecule has 0 fully saturated rings. The highest BCUT2D eigenvalue weighted by Crippen LogP contribution is 1.91. The van der Waals surface area contributed by atoms with Gasteiger partial charge in [0.25, 0.3) is 0 Å². The van der Waals surface area contributed by atoms with Crippen LogP contribution in [0.2, 0.25) is 0 Å². The van der Waals surface area contributed by atoms with Crippen molar-refractivity contribution in [1.82, 2.24) is 14.8 Å². The van der Waals surface area contributed by atoms with Crippen molar-refractivity contribution in [2.24, 2.45) is 7.05 Å². The van der Waals surface area contributed by atoms with E-state index in [1.54, 1.807) is 18.5 Å². The minimum absolute atomic E-state index is 0.368. The summed E-state index contributed by atoms with van der Waals surface area (Å²) in [7, 11) is 1.75. The fraction of sp³-hybridized carbons (Fsp3) is 0.400. The van der Waals surface area contributed by atoms with Gasteiger partial charge in [0.1, 0.15) is 5.82 Å². The van der Waals surface area contributed by atoms with Crippen LogP contribution in [0, 0.1) is 6.92 Å². The van der Waals surface area contributed by atoms with Crippen molar-refractivity contribution in [2.45, 2.75) is 6.92 Å². The lowest BCUT2D eigenvalue weighted by Gasteiger charge is -1.90. The largest absolute Gasteiger partial charge is 0.312 e. The van der Waals surface area contributed by atoms with E-state index in [1.807, 2.05) is 0 Å². The van der Waals surface area contributed by atoms with Crippen molar-refractivity contribution in [3.63, 3.8) is 0 Å². The summed E-state index contributed by atoms with van der Waals surface area (Å²) >= 11 is 0. The maximum Gasteiger partial charge on any atom is 0.196 e. The lowest BCUT2D eigenvalue weighted by Crippen LogP contribution is -1.96. The second-order valence-electron chi connectivity index (χ2n) is 1.78. The van der Waals surface area contributed by atoms with Crippen LogP contribution in [-0.2, 0) is 7.05 Å². The van der Waals surface area contributed by atoms with Crippen LogP contribution in [0.3, 0.4) is 0 Å². The highest BCUT2D eigenvalue weighted by Gasteiger charge is 2.00. The molecule has 0 unspecified atom stereocenters. The van der Waals surface area contributed by atoms with E-state index in [9.17, 15) is 4.79 Å². The van der Waals surface area contributed by atoms with Crippen molar-refractivity contribution < 1.29 is 4.79 Å². The summed E-state index contributed by atoms with van der Waals surface area (Å²) in [6.07, 6.45) is 0.681. The molecule has 0 radical (unpaired) electrons. The van der Waals surface area contributed by atoms with Gasteiger partial charge in [-0.15, -0.1) is 10.2 Å². The number of hydrogen-bond donors (Lipinski definition) is 0. The Morgan fingerprint density at radius 1 is 1.56 bits per heavy atom. The van der Waals surface area contributed by atoms with Crippen molar-refractivity contribution in [1.29, 1.82) is 0 Å². The maximum atomic E-state index is 10.1. The molecule has 1 rings (SSSR count). The number of aromatic nitrogens is 3. The normalized spacial score (nSPS) is 9.56. The van der Waals surface area contributed by atoms with Gasteiger partial charge in [-0.05, 0) is 6.92 Å². The Kier molecular flexibility index (Phi) is 1.30. The van der Waals surface area contributed by atoms with Gasteiger partial charge in [-0.3, -0.25) is 4.79 Å². The van der Waals surface area contributed by atoms with Gasteiger partial charge in [-0.25, -0.2) is 0 Å². The van der Waals surface area contributed by atoms with Crippen LogP contribution in [0.4, 0.5) is 0 Å². The van der Waals surface area contributed by atoms with Gasteiger partial charge in [0.05, 0.1) is 0 Å². The van der Waals surface area contributed by atoms with Gasteiger partial charge in [-0.2, -0.15) is 0 Å². The zero-order chi connectivity index (χ0) is 6.85. The molecule has 0 saturated carbocycles. The van der Waals surface area contributed by atoms with Crippen LogP contribution < -0.4 is 0 Å². The molecule has 0 aliphatic rings. The Morgan fingerprint density at radius 3 is 2.44 bits per heavy atom. The molecule has 0 bridgehead atoms. The number of carbonyl (C=O) groups excluding carboxylic acids is 1. The zero-order valence-corrected chi connectivity index (χ0v) is 5.33. The van der Waals surface area contributed by atoms with Crippen molar-refractivity contribution in [2.75, 3.05) is 0 Å². The number of nitrogens with zero attached hydrogens (tertiary/aromatic N) is 3. The minimum Gasteiger partial charge on any atom is -0.312 e. The topological polar surface area (TPSA) is 47.8 Å². The molecule has 48 valence electrons. The predicted molar refractivity (Wildman–Crippen MR) is 31.1 cm³/mol. The molecule has 1 aromatic rings. The van der Waals surface area contributed by atoms with Gasteiger partial charge < -0.3 is 4.57 Å². The van der Waals surface area contributed by atoms with E-state index >= 15 is 0 Å². The number of carbonyl (C=O) groups is 1. The third-order valence-corrected chi connectivity index (χ3v) is 1.23. The highest BCUT2D eigenvalue weighted by atomic mass is 16.1. The summed E-state index contributed by atoms with van der Waals surface area (Å²) in [5.41, 5.74) is 0. The molecule has 0 aromatic carbocycles. The molecule has 1 heterocycles. The average Bonchev–Trinajstić information content (AvgIpc) is 2.15. The van der Waals surface area contributed by atoms with E-state index in [-0.39, 0.29) is 0 Å². The number of aryl methyl sites for hydroxylation is 1. The first-order valence-electron chi connectivity index (χ1n) is 2.57. The van der Waals surface area contributed by atoms with E-state index in [1.165, 1.54) is 0 Å². The smallest absolute Gasteiger partial charge is 0.196 e. The SMILES string of the molecule is Cc1nnc(C=O)n1C. The number of aldehydes is 1. The molecular weight excluding hydrogens is 118 g/mol. The Hall–Kier alpha value is -1.19. The molecule has 0 aliphatic heterocycles. The van der Waals surface area contributed by atoms with E-state index in [2.05, 4.69) is 10.2 Å². The number of rotatable bonds is 1. The van der Waals surface area contributed by atoms with Gasteiger partial charge >= 0.3 is 0 Å². The minimum atomic E-state index is 0.368. The Labute approximate surface area is 52.5 Å². The quantitative estimate of drug-likeness (QED) is 0.494. The van der Waals surface area contributed by atoms with Gasteiger partial charge in [0.15, 0.2) is 12.1 Å². The summed E-state index contributed by atoms with van der Waals surface area (Å²) in [6.45, 7) is 1.79. The van der Waals surface area contributed by atoms with Crippen molar-refractivity contribution in [3.8, 4) is 0 Å². The van der Waals surface area contributed by atoms with Gasteiger partial charge in [0.2, 0.25) is 0 Å². The van der Waals surface area contributed by atoms with Gasteiger partial charge in [-0.1, -0.05) is 0 Å². The first-order valence-corrected chi connectivity index (χ1v) is 2.57. The molecule has 0 saturated heterocycles. The Morgan fingerprint density at radius 2 is 2.22 bits per heavy atom. The Balaban J connectivity index is 3.18. The van der Waals surface area contributed by atoms with Crippen molar-refractivity contribution in [3.05, 3.63) is 11.6 Å². The molecule has 0 aliphatic carbocycles. The molecule has 9 heavy (non-hydrogen) atoms. The molecule has 0 amide bonds. The average molecular weight is 125 g/mol. The summed E-state index contributed by atoms with van der Waals surface area (Å²) < 4.78 is 1.63. The second kappa shape index (κ2) is 1.97. The summed E-state index contributed by atoms with van der Waals surface area (Å²) in [6, 6.07) is 0. The van der Waals surface area contributed by atoms with E-state index in [0.29, 0.717) is 12.1 Å². The zero-order valence-electron chi connectivity index (χ0n) is 5.33. The first-order chi connectivity index (χ1) is 4.25. The summed E-state index contributed by atoms with van der Waals surface area (Å²) in [4.78, 5) is 10.1. The van der Waals surface area contributed by atoms with Crippen LogP contribution >= 0.6 is 0 Å². The van der Waals surface area contributed by atoms with Crippen molar-refractivity contribution >= 4 is 6.29 Å². The molecule has 0 N–H and O–H groups in total. The maximum absolute atomic E-state index is 10.1. The van der Waals surface area contributed by atoms with Gasteiger partial charge in [0, 0.05) is 7.05 Å². The molecule has 0 spiro atoms. The molecule has 1 aromatic heterocycles. The van der Waals surface area contributed by atoms with Crippen LogP contribution in [0.25, 0.3) is 0 Å². The van der Waals surface area contributed by atoms with Crippen LogP contribution in [0.5, 0.6) is 0 Å². The highest BCUT2D eigenvalue weighted by molar-refractivity contribution is 5.68. The fourth-order valence-corrected chi connectivity index (χ4v) is 0.526. The van der Waals surface area contributed by atoms with E-state index < -0.39 is 0 Å². The molecule has 0 atom stereocenters. The molecule has 4 nitrogen and oxygen atoms in total. The van der Waals surface area contributed by atoms with E-state index in [0.717, 1.165) is 5.82 Å². The summed E-state index contributed by atoms with van der Waals surface area (Å²) in [5, 5.41) is 7.25. The van der Waals surface area contributed by atoms with Crippen LogP contribution in [0.1, 0.15) is 16.4 Å². The van der Waals surface area contributed by atoms with E-state index in [4.69, 9.17) is 0 Å². The lowest BCUT2D eigenvalue weighted by atomic mass is 10.6. The molecular formula is C5H7N3O. The van der Waals surface area contributed by atoms with Crippen LogP contribution in [0.15, 0.2) is 0 Å². The Bertz CT molecular complexity index is 228. The monoisotopic (exact) mass is 125 g/mol. The fourth-order valence-electron chi connectivity index (χ4n) is 0.526.